The maximum atomic E-state index is 11.4. The van der Waals surface area contributed by atoms with Crippen molar-refractivity contribution in [1.29, 1.82) is 0 Å². The van der Waals surface area contributed by atoms with Crippen LogP contribution in [0.3, 0.4) is 0 Å². The summed E-state index contributed by atoms with van der Waals surface area (Å²) in [6, 6.07) is -0.225. The van der Waals surface area contributed by atoms with Crippen LogP contribution in [0.5, 0.6) is 0 Å². The summed E-state index contributed by atoms with van der Waals surface area (Å²) >= 11 is 0. The van der Waals surface area contributed by atoms with E-state index in [0.29, 0.717) is 19.5 Å². The van der Waals surface area contributed by atoms with E-state index >= 15 is 0 Å². The molecule has 0 aromatic rings. The van der Waals surface area contributed by atoms with E-state index in [9.17, 15) is 9.59 Å². The topological polar surface area (TPSA) is 87.7 Å². The minimum absolute atomic E-state index is 0.0806. The van der Waals surface area contributed by atoms with Crippen LogP contribution in [0, 0.1) is 5.41 Å². The third-order valence-electron chi connectivity index (χ3n) is 3.66. The number of urea groups is 1. The fourth-order valence-electron chi connectivity index (χ4n) is 2.39. The van der Waals surface area contributed by atoms with Gasteiger partial charge in [-0.25, -0.2) is 4.79 Å². The molecule has 0 aromatic heterocycles. The summed E-state index contributed by atoms with van der Waals surface area (Å²) in [5.41, 5.74) is 0.255. The molecular weight excluding hydrogens is 248 g/mol. The summed E-state index contributed by atoms with van der Waals surface area (Å²) in [5, 5.41) is 13.9. The number of nitrogens with one attached hydrogen (secondary N) is 2. The maximum Gasteiger partial charge on any atom is 0.314 e. The molecule has 6 heteroatoms. The van der Waals surface area contributed by atoms with Crippen LogP contribution in [0.4, 0.5) is 4.79 Å². The number of aliphatic carboxylic acids is 1. The number of amides is 2. The number of hydrogen-bond acceptors (Lipinski definition) is 3. The predicted octanol–water partition coefficient (Wildman–Crippen LogP) is 1.36. The van der Waals surface area contributed by atoms with Crippen molar-refractivity contribution in [3.63, 3.8) is 0 Å². The quantitative estimate of drug-likeness (QED) is 0.553. The Morgan fingerprint density at radius 3 is 2.47 bits per heavy atom. The minimum atomic E-state index is -0.839. The highest BCUT2D eigenvalue weighted by molar-refractivity contribution is 5.73. The number of hydrogen-bond donors (Lipinski definition) is 3. The number of carboxylic acids is 1. The molecule has 0 atom stereocenters. The Hall–Kier alpha value is -1.30. The van der Waals surface area contributed by atoms with Gasteiger partial charge in [-0.3, -0.25) is 4.79 Å². The lowest BCUT2D eigenvalue weighted by Crippen LogP contribution is -2.41. The summed E-state index contributed by atoms with van der Waals surface area (Å²) in [6.45, 7) is 1.78. The van der Waals surface area contributed by atoms with Gasteiger partial charge < -0.3 is 20.5 Å². The highest BCUT2D eigenvalue weighted by Crippen LogP contribution is 2.43. The third kappa shape index (κ3) is 5.92. The Balaban J connectivity index is 2.05. The van der Waals surface area contributed by atoms with Gasteiger partial charge in [0.15, 0.2) is 0 Å². The first kappa shape index (κ1) is 15.8. The van der Waals surface area contributed by atoms with Crippen molar-refractivity contribution >= 4 is 12.0 Å². The number of methoxy groups -OCH3 is 1. The molecule has 1 aliphatic carbocycles. The molecular formula is C13H24N2O4. The molecule has 0 heterocycles. The molecule has 0 aromatic carbocycles. The van der Waals surface area contributed by atoms with E-state index in [-0.39, 0.29) is 17.9 Å². The summed E-state index contributed by atoms with van der Waals surface area (Å²) in [5.74, 6) is -0.839. The molecule has 1 saturated carbocycles. The fraction of sp³-hybridized carbons (Fsp3) is 0.846. The summed E-state index contributed by atoms with van der Waals surface area (Å²) in [7, 11) is 1.71. The number of carbonyl (C=O) groups is 2. The smallest absolute Gasteiger partial charge is 0.314 e. The van der Waals surface area contributed by atoms with Gasteiger partial charge in [0.1, 0.15) is 0 Å². The van der Waals surface area contributed by atoms with Crippen LogP contribution in [0.1, 0.15) is 38.5 Å². The van der Waals surface area contributed by atoms with Crippen molar-refractivity contribution in [3.05, 3.63) is 0 Å². The molecule has 0 spiro atoms. The number of carbonyl (C=O) groups excluding carboxylic acids is 1. The Labute approximate surface area is 113 Å². The largest absolute Gasteiger partial charge is 0.481 e. The third-order valence-corrected chi connectivity index (χ3v) is 3.66. The van der Waals surface area contributed by atoms with Gasteiger partial charge in [-0.15, -0.1) is 0 Å². The SMILES string of the molecule is COCC1(CCNC(=O)NCCCC(=O)O)CCC1. The van der Waals surface area contributed by atoms with E-state index in [4.69, 9.17) is 9.84 Å². The molecule has 3 N–H and O–H groups in total. The molecule has 2 amide bonds. The van der Waals surface area contributed by atoms with Crippen molar-refractivity contribution in [2.75, 3.05) is 26.8 Å². The van der Waals surface area contributed by atoms with Gasteiger partial charge in [-0.05, 0) is 31.1 Å². The molecule has 110 valence electrons. The molecule has 1 fully saturated rings. The second-order valence-corrected chi connectivity index (χ2v) is 5.22. The first-order chi connectivity index (χ1) is 9.08. The van der Waals surface area contributed by atoms with Crippen molar-refractivity contribution in [2.45, 2.75) is 38.5 Å². The monoisotopic (exact) mass is 272 g/mol. The van der Waals surface area contributed by atoms with Gasteiger partial charge in [0, 0.05) is 26.6 Å². The summed E-state index contributed by atoms with van der Waals surface area (Å²) in [4.78, 5) is 21.7. The minimum Gasteiger partial charge on any atom is -0.481 e. The van der Waals surface area contributed by atoms with Crippen LogP contribution in [-0.4, -0.2) is 43.9 Å². The molecule has 0 unspecified atom stereocenters. The highest BCUT2D eigenvalue weighted by atomic mass is 16.5. The number of carboxylic acid groups (broad SMARTS) is 1. The predicted molar refractivity (Wildman–Crippen MR) is 71.0 cm³/mol. The fourth-order valence-corrected chi connectivity index (χ4v) is 2.39. The van der Waals surface area contributed by atoms with Crippen molar-refractivity contribution in [2.24, 2.45) is 5.41 Å². The van der Waals surface area contributed by atoms with Gasteiger partial charge in [-0.1, -0.05) is 6.42 Å². The Kier molecular flexibility index (Phi) is 6.62. The molecule has 1 rings (SSSR count). The summed E-state index contributed by atoms with van der Waals surface area (Å²) < 4.78 is 5.22. The number of ether oxygens (including phenoxy) is 1. The molecule has 0 radical (unpaired) electrons. The zero-order valence-electron chi connectivity index (χ0n) is 11.5. The van der Waals surface area contributed by atoms with Gasteiger partial charge in [0.05, 0.1) is 6.61 Å². The Bertz CT molecular complexity index is 303. The van der Waals surface area contributed by atoms with Gasteiger partial charge >= 0.3 is 12.0 Å². The van der Waals surface area contributed by atoms with Crippen molar-refractivity contribution in [1.82, 2.24) is 10.6 Å². The van der Waals surface area contributed by atoms with Gasteiger partial charge in [0.25, 0.3) is 0 Å². The van der Waals surface area contributed by atoms with Crippen LogP contribution in [0.2, 0.25) is 0 Å². The zero-order valence-corrected chi connectivity index (χ0v) is 11.5. The first-order valence-corrected chi connectivity index (χ1v) is 6.80. The van der Waals surface area contributed by atoms with Crippen LogP contribution in [-0.2, 0) is 9.53 Å². The molecule has 6 nitrogen and oxygen atoms in total. The van der Waals surface area contributed by atoms with E-state index in [1.54, 1.807) is 7.11 Å². The normalized spacial score (nSPS) is 16.5. The second-order valence-electron chi connectivity index (χ2n) is 5.22. The number of rotatable bonds is 9. The zero-order chi connectivity index (χ0) is 14.1. The van der Waals surface area contributed by atoms with Crippen LogP contribution in [0.15, 0.2) is 0 Å². The average Bonchev–Trinajstić information content (AvgIpc) is 2.31. The van der Waals surface area contributed by atoms with E-state index in [1.807, 2.05) is 0 Å². The molecule has 0 bridgehead atoms. The van der Waals surface area contributed by atoms with Gasteiger partial charge in [0.2, 0.25) is 0 Å². The standard InChI is InChI=1S/C13H24N2O4/c1-19-10-13(5-3-6-13)7-9-15-12(18)14-8-2-4-11(16)17/h2-10H2,1H3,(H,16,17)(H2,14,15,18). The maximum absolute atomic E-state index is 11.4. The van der Waals surface area contributed by atoms with Crippen molar-refractivity contribution < 1.29 is 19.4 Å². The molecule has 1 aliphatic rings. The van der Waals surface area contributed by atoms with E-state index in [1.165, 1.54) is 19.3 Å². The average molecular weight is 272 g/mol. The lowest BCUT2D eigenvalue weighted by atomic mass is 9.67. The Morgan fingerprint density at radius 2 is 1.95 bits per heavy atom. The first-order valence-electron chi connectivity index (χ1n) is 6.80. The van der Waals surface area contributed by atoms with Gasteiger partial charge in [-0.2, -0.15) is 0 Å². The second kappa shape index (κ2) is 7.99. The molecule has 0 saturated heterocycles. The highest BCUT2D eigenvalue weighted by Gasteiger charge is 2.36. The molecule has 19 heavy (non-hydrogen) atoms. The van der Waals surface area contributed by atoms with E-state index in [0.717, 1.165) is 13.0 Å². The van der Waals surface area contributed by atoms with Crippen LogP contribution < -0.4 is 10.6 Å². The summed E-state index contributed by atoms with van der Waals surface area (Å²) in [6.07, 6.45) is 5.05. The van der Waals surface area contributed by atoms with Crippen LogP contribution >= 0.6 is 0 Å². The van der Waals surface area contributed by atoms with Crippen molar-refractivity contribution in [3.8, 4) is 0 Å². The van der Waals surface area contributed by atoms with Crippen LogP contribution in [0.25, 0.3) is 0 Å². The molecule has 0 aliphatic heterocycles. The lowest BCUT2D eigenvalue weighted by molar-refractivity contribution is -0.137. The van der Waals surface area contributed by atoms with E-state index < -0.39 is 5.97 Å². The Morgan fingerprint density at radius 1 is 1.26 bits per heavy atom. The lowest BCUT2D eigenvalue weighted by Gasteiger charge is -2.41. The van der Waals surface area contributed by atoms with E-state index in [2.05, 4.69) is 10.6 Å².